The van der Waals surface area contributed by atoms with Crippen molar-refractivity contribution in [1.29, 1.82) is 0 Å². The Labute approximate surface area is 97.5 Å². The van der Waals surface area contributed by atoms with Gasteiger partial charge in [-0.15, -0.1) is 0 Å². The van der Waals surface area contributed by atoms with E-state index in [-0.39, 0.29) is 22.9 Å². The van der Waals surface area contributed by atoms with Crippen molar-refractivity contribution < 1.29 is 17.4 Å². The average Bonchev–Trinajstić information content (AvgIpc) is 2.28. The van der Waals surface area contributed by atoms with Crippen LogP contribution in [0.15, 0.2) is 0 Å². The van der Waals surface area contributed by atoms with Gasteiger partial charge in [0.15, 0.2) is 0 Å². The SMILES string of the molecule is COS(=O)(=O)CC1(C)C(=O)CC(C)C1(C)C. The Morgan fingerprint density at radius 2 is 1.88 bits per heavy atom. The van der Waals surface area contributed by atoms with Crippen LogP contribution in [0.4, 0.5) is 0 Å². The van der Waals surface area contributed by atoms with E-state index in [1.807, 2.05) is 20.8 Å². The standard InChI is InChI=1S/C11H20O4S/c1-8-6-9(12)11(4,10(8,2)3)7-16(13,14)15-5/h8H,6-7H2,1-5H3. The molecule has 1 saturated carbocycles. The number of hydrogen-bond donors (Lipinski definition) is 0. The minimum Gasteiger partial charge on any atom is -0.299 e. The first kappa shape index (κ1) is 13.6. The molecule has 0 saturated heterocycles. The van der Waals surface area contributed by atoms with Gasteiger partial charge in [-0.25, -0.2) is 0 Å². The smallest absolute Gasteiger partial charge is 0.268 e. The van der Waals surface area contributed by atoms with E-state index in [9.17, 15) is 13.2 Å². The second-order valence-corrected chi connectivity index (χ2v) is 7.19. The number of hydrogen-bond acceptors (Lipinski definition) is 4. The fourth-order valence-corrected chi connectivity index (χ4v) is 3.70. The van der Waals surface area contributed by atoms with Crippen LogP contribution in [-0.2, 0) is 19.1 Å². The maximum absolute atomic E-state index is 12.0. The van der Waals surface area contributed by atoms with Crippen LogP contribution in [0.3, 0.4) is 0 Å². The van der Waals surface area contributed by atoms with Crippen molar-refractivity contribution in [2.45, 2.75) is 34.1 Å². The molecule has 1 aliphatic rings. The van der Waals surface area contributed by atoms with Gasteiger partial charge in [0.2, 0.25) is 0 Å². The summed E-state index contributed by atoms with van der Waals surface area (Å²) in [5, 5.41) is 0. The summed E-state index contributed by atoms with van der Waals surface area (Å²) in [4.78, 5) is 12.0. The lowest BCUT2D eigenvalue weighted by Crippen LogP contribution is -2.43. The maximum Gasteiger partial charge on any atom is 0.268 e. The molecular formula is C11H20O4S. The molecule has 1 fully saturated rings. The summed E-state index contributed by atoms with van der Waals surface area (Å²) in [6.07, 6.45) is 0.447. The summed E-state index contributed by atoms with van der Waals surface area (Å²) in [5.74, 6) is -0.0187. The fraction of sp³-hybridized carbons (Fsp3) is 0.909. The largest absolute Gasteiger partial charge is 0.299 e. The molecule has 0 aromatic heterocycles. The summed E-state index contributed by atoms with van der Waals surface area (Å²) in [7, 11) is -2.48. The maximum atomic E-state index is 12.0. The van der Waals surface area contributed by atoms with Gasteiger partial charge in [-0.1, -0.05) is 27.7 Å². The van der Waals surface area contributed by atoms with Crippen molar-refractivity contribution in [3.05, 3.63) is 0 Å². The Hall–Kier alpha value is -0.420. The van der Waals surface area contributed by atoms with E-state index >= 15 is 0 Å². The molecule has 4 nitrogen and oxygen atoms in total. The quantitative estimate of drug-likeness (QED) is 0.712. The van der Waals surface area contributed by atoms with Crippen LogP contribution in [0.25, 0.3) is 0 Å². The third-order valence-corrected chi connectivity index (χ3v) is 5.92. The van der Waals surface area contributed by atoms with Crippen molar-refractivity contribution in [3.63, 3.8) is 0 Å². The predicted molar refractivity (Wildman–Crippen MR) is 61.5 cm³/mol. The molecule has 1 rings (SSSR count). The zero-order chi connectivity index (χ0) is 12.8. The molecule has 0 heterocycles. The number of ketones is 1. The number of carbonyl (C=O) groups is 1. The Balaban J connectivity index is 3.14. The van der Waals surface area contributed by atoms with Crippen molar-refractivity contribution in [1.82, 2.24) is 0 Å². The molecule has 0 aromatic rings. The van der Waals surface area contributed by atoms with Crippen molar-refractivity contribution in [2.24, 2.45) is 16.7 Å². The molecule has 0 amide bonds. The number of Topliss-reactive ketones (excluding diaryl/α,β-unsaturated/α-hetero) is 1. The van der Waals surface area contributed by atoms with Gasteiger partial charge in [0, 0.05) is 11.8 Å². The minimum absolute atomic E-state index is 0.0191. The topological polar surface area (TPSA) is 60.4 Å². The molecule has 0 bridgehead atoms. The summed E-state index contributed by atoms with van der Waals surface area (Å²) >= 11 is 0. The molecule has 0 aromatic carbocycles. The van der Waals surface area contributed by atoms with E-state index in [0.29, 0.717) is 6.42 Å². The van der Waals surface area contributed by atoms with E-state index in [1.165, 1.54) is 0 Å². The second-order valence-electron chi connectivity index (χ2n) is 5.45. The molecule has 2 atom stereocenters. The second kappa shape index (κ2) is 3.81. The molecule has 0 spiro atoms. The normalized spacial score (nSPS) is 34.3. The number of rotatable bonds is 3. The highest BCUT2D eigenvalue weighted by Gasteiger charge is 2.57. The Bertz CT molecular complexity index is 396. The summed E-state index contributed by atoms with van der Waals surface area (Å²) in [6.45, 7) is 7.62. The Morgan fingerprint density at radius 1 is 1.38 bits per heavy atom. The van der Waals surface area contributed by atoms with Gasteiger partial charge < -0.3 is 0 Å². The van der Waals surface area contributed by atoms with E-state index < -0.39 is 15.5 Å². The molecule has 2 unspecified atom stereocenters. The van der Waals surface area contributed by atoms with Crippen LogP contribution in [0.1, 0.15) is 34.1 Å². The molecule has 1 aliphatic carbocycles. The molecular weight excluding hydrogens is 228 g/mol. The first-order valence-electron chi connectivity index (χ1n) is 5.38. The average molecular weight is 248 g/mol. The number of carbonyl (C=O) groups excluding carboxylic acids is 1. The molecule has 16 heavy (non-hydrogen) atoms. The van der Waals surface area contributed by atoms with E-state index in [1.54, 1.807) is 6.92 Å². The lowest BCUT2D eigenvalue weighted by Gasteiger charge is -2.38. The first-order valence-corrected chi connectivity index (χ1v) is 6.96. The van der Waals surface area contributed by atoms with Crippen LogP contribution in [0.2, 0.25) is 0 Å². The van der Waals surface area contributed by atoms with E-state index in [2.05, 4.69) is 4.18 Å². The van der Waals surface area contributed by atoms with Crippen LogP contribution < -0.4 is 0 Å². The Kier molecular flexibility index (Phi) is 3.25. The highest BCUT2D eigenvalue weighted by atomic mass is 32.2. The fourth-order valence-electron chi connectivity index (χ4n) is 2.34. The van der Waals surface area contributed by atoms with Crippen molar-refractivity contribution in [3.8, 4) is 0 Å². The molecule has 94 valence electrons. The minimum atomic E-state index is -3.61. The molecule has 0 radical (unpaired) electrons. The zero-order valence-corrected chi connectivity index (χ0v) is 11.3. The van der Waals surface area contributed by atoms with E-state index in [0.717, 1.165) is 7.11 Å². The van der Waals surface area contributed by atoms with Crippen LogP contribution in [0, 0.1) is 16.7 Å². The van der Waals surface area contributed by atoms with Gasteiger partial charge in [0.1, 0.15) is 5.78 Å². The van der Waals surface area contributed by atoms with Crippen molar-refractivity contribution in [2.75, 3.05) is 12.9 Å². The monoisotopic (exact) mass is 248 g/mol. The molecule has 0 N–H and O–H groups in total. The lowest BCUT2D eigenvalue weighted by atomic mass is 9.67. The first-order chi connectivity index (χ1) is 7.07. The molecule has 5 heteroatoms. The van der Waals surface area contributed by atoms with Gasteiger partial charge in [-0.3, -0.25) is 8.98 Å². The summed E-state index contributed by atoms with van der Waals surface area (Å²) < 4.78 is 27.5. The highest BCUT2D eigenvalue weighted by molar-refractivity contribution is 7.86. The predicted octanol–water partition coefficient (Wildman–Crippen LogP) is 1.60. The third kappa shape index (κ3) is 1.91. The van der Waals surface area contributed by atoms with Gasteiger partial charge in [-0.2, -0.15) is 8.42 Å². The van der Waals surface area contributed by atoms with Gasteiger partial charge in [0.25, 0.3) is 10.1 Å². The van der Waals surface area contributed by atoms with Crippen LogP contribution >= 0.6 is 0 Å². The van der Waals surface area contributed by atoms with E-state index in [4.69, 9.17) is 0 Å². The van der Waals surface area contributed by atoms with Crippen LogP contribution in [-0.4, -0.2) is 27.1 Å². The molecule has 0 aliphatic heterocycles. The highest BCUT2D eigenvalue weighted by Crippen LogP contribution is 2.54. The summed E-state index contributed by atoms with van der Waals surface area (Å²) in [6, 6.07) is 0. The van der Waals surface area contributed by atoms with Gasteiger partial charge in [0.05, 0.1) is 12.9 Å². The van der Waals surface area contributed by atoms with Crippen LogP contribution in [0.5, 0.6) is 0 Å². The van der Waals surface area contributed by atoms with Gasteiger partial charge >= 0.3 is 0 Å². The van der Waals surface area contributed by atoms with Crippen molar-refractivity contribution >= 4 is 15.9 Å². The zero-order valence-electron chi connectivity index (χ0n) is 10.5. The third-order valence-electron chi connectivity index (χ3n) is 4.48. The Morgan fingerprint density at radius 3 is 2.19 bits per heavy atom. The van der Waals surface area contributed by atoms with Gasteiger partial charge in [-0.05, 0) is 11.3 Å². The lowest BCUT2D eigenvalue weighted by molar-refractivity contribution is -0.126. The summed E-state index contributed by atoms with van der Waals surface area (Å²) in [5.41, 5.74) is -1.17.